The molecule has 0 unspecified atom stereocenters. The Morgan fingerprint density at radius 1 is 1.39 bits per heavy atom. The molecule has 3 rings (SSSR count). The number of esters is 1. The zero-order chi connectivity index (χ0) is 16.8. The van der Waals surface area contributed by atoms with E-state index in [-0.39, 0.29) is 22.7 Å². The molecular weight excluding hydrogens is 288 g/mol. The van der Waals surface area contributed by atoms with Crippen LogP contribution in [0.2, 0.25) is 0 Å². The predicted molar refractivity (Wildman–Crippen MR) is 90.5 cm³/mol. The summed E-state index contributed by atoms with van der Waals surface area (Å²) in [6.45, 7) is 9.00. The van der Waals surface area contributed by atoms with Crippen molar-refractivity contribution in [3.63, 3.8) is 0 Å². The van der Waals surface area contributed by atoms with E-state index in [9.17, 15) is 9.90 Å². The van der Waals surface area contributed by atoms with Crippen LogP contribution in [0.5, 0.6) is 0 Å². The highest BCUT2D eigenvalue weighted by Gasteiger charge is 2.59. The van der Waals surface area contributed by atoms with Gasteiger partial charge in [0.1, 0.15) is 0 Å². The van der Waals surface area contributed by atoms with Crippen molar-refractivity contribution >= 4 is 5.97 Å². The SMILES string of the molecule is CC(C)=CCC[C@]1(C)CCC[C@]2(C)[C@@H]3C(=CC[C@@H]12)C(=O)O[C@H]3O. The first kappa shape index (κ1) is 16.8. The maximum atomic E-state index is 12.0. The highest BCUT2D eigenvalue weighted by Crippen LogP contribution is 2.63. The first-order valence-corrected chi connectivity index (χ1v) is 9.00. The zero-order valence-electron chi connectivity index (χ0n) is 14.9. The molecular formula is C20H30O3. The van der Waals surface area contributed by atoms with Crippen LogP contribution in [0, 0.1) is 22.7 Å². The fraction of sp³-hybridized carbons (Fsp3) is 0.750. The Balaban J connectivity index is 1.90. The van der Waals surface area contributed by atoms with Gasteiger partial charge in [0.2, 0.25) is 6.29 Å². The highest BCUT2D eigenvalue weighted by atomic mass is 16.6. The number of hydrogen-bond donors (Lipinski definition) is 1. The molecule has 1 N–H and O–H groups in total. The molecule has 23 heavy (non-hydrogen) atoms. The summed E-state index contributed by atoms with van der Waals surface area (Å²) in [6, 6.07) is 0. The molecule has 0 aromatic heterocycles. The van der Waals surface area contributed by atoms with Crippen LogP contribution in [0.4, 0.5) is 0 Å². The Morgan fingerprint density at radius 3 is 2.83 bits per heavy atom. The number of allylic oxidation sites excluding steroid dienone is 3. The van der Waals surface area contributed by atoms with Crippen LogP contribution in [0.15, 0.2) is 23.3 Å². The third-order valence-electron chi connectivity index (χ3n) is 6.74. The summed E-state index contributed by atoms with van der Waals surface area (Å²) in [5.74, 6) is 0.0584. The molecule has 1 heterocycles. The van der Waals surface area contributed by atoms with Crippen molar-refractivity contribution in [3.8, 4) is 0 Å². The summed E-state index contributed by atoms with van der Waals surface area (Å²) >= 11 is 0. The lowest BCUT2D eigenvalue weighted by atomic mass is 9.47. The van der Waals surface area contributed by atoms with Gasteiger partial charge in [0.15, 0.2) is 0 Å². The molecule has 0 radical (unpaired) electrons. The molecule has 3 heteroatoms. The molecule has 0 bridgehead atoms. The van der Waals surface area contributed by atoms with Crippen molar-refractivity contribution < 1.29 is 14.6 Å². The van der Waals surface area contributed by atoms with Crippen LogP contribution in [0.1, 0.15) is 66.2 Å². The van der Waals surface area contributed by atoms with E-state index in [2.05, 4.69) is 39.8 Å². The molecule has 0 aromatic carbocycles. The number of ether oxygens (including phenoxy) is 1. The van der Waals surface area contributed by atoms with Crippen molar-refractivity contribution in [3.05, 3.63) is 23.3 Å². The first-order chi connectivity index (χ1) is 10.8. The van der Waals surface area contributed by atoms with Gasteiger partial charge in [-0.2, -0.15) is 0 Å². The summed E-state index contributed by atoms with van der Waals surface area (Å²) in [7, 11) is 0. The van der Waals surface area contributed by atoms with Gasteiger partial charge in [-0.15, -0.1) is 0 Å². The van der Waals surface area contributed by atoms with E-state index in [0.717, 1.165) is 24.8 Å². The Morgan fingerprint density at radius 2 is 2.13 bits per heavy atom. The number of aliphatic hydroxyl groups excluding tert-OH is 1. The van der Waals surface area contributed by atoms with Crippen molar-refractivity contribution in [2.24, 2.45) is 22.7 Å². The second-order valence-corrected chi connectivity index (χ2v) is 8.55. The molecule has 1 saturated heterocycles. The molecule has 0 aromatic rings. The fourth-order valence-corrected chi connectivity index (χ4v) is 5.60. The van der Waals surface area contributed by atoms with Gasteiger partial charge in [0.25, 0.3) is 0 Å². The lowest BCUT2D eigenvalue weighted by Crippen LogP contribution is -2.51. The van der Waals surface area contributed by atoms with E-state index >= 15 is 0 Å². The van der Waals surface area contributed by atoms with E-state index < -0.39 is 6.29 Å². The number of carbonyl (C=O) groups excluding carboxylic acids is 1. The number of hydrogen-bond acceptors (Lipinski definition) is 3. The summed E-state index contributed by atoms with van der Waals surface area (Å²) in [6.07, 6.45) is 10.2. The van der Waals surface area contributed by atoms with E-state index in [1.807, 2.05) is 0 Å². The average Bonchev–Trinajstić information content (AvgIpc) is 2.74. The molecule has 2 fully saturated rings. The normalized spacial score (nSPS) is 42.4. The lowest BCUT2D eigenvalue weighted by molar-refractivity contribution is -0.166. The third-order valence-corrected chi connectivity index (χ3v) is 6.74. The Hall–Kier alpha value is -1.09. The largest absolute Gasteiger partial charge is 0.432 e. The van der Waals surface area contributed by atoms with Gasteiger partial charge in [-0.3, -0.25) is 0 Å². The second-order valence-electron chi connectivity index (χ2n) is 8.55. The molecule has 3 aliphatic rings. The van der Waals surface area contributed by atoms with Crippen LogP contribution in [-0.2, 0) is 9.53 Å². The van der Waals surface area contributed by atoms with Gasteiger partial charge in [0, 0.05) is 5.57 Å². The molecule has 0 spiro atoms. The van der Waals surface area contributed by atoms with Crippen molar-refractivity contribution in [2.75, 3.05) is 0 Å². The molecule has 128 valence electrons. The van der Waals surface area contributed by atoms with Gasteiger partial charge >= 0.3 is 5.97 Å². The summed E-state index contributed by atoms with van der Waals surface area (Å²) in [4.78, 5) is 12.0. The minimum absolute atomic E-state index is 0.0341. The van der Waals surface area contributed by atoms with Gasteiger partial charge < -0.3 is 9.84 Å². The monoisotopic (exact) mass is 318 g/mol. The summed E-state index contributed by atoms with van der Waals surface area (Å²) in [5, 5.41) is 10.3. The molecule has 1 aliphatic heterocycles. The van der Waals surface area contributed by atoms with E-state index in [1.54, 1.807) is 0 Å². The number of carbonyl (C=O) groups is 1. The molecule has 1 saturated carbocycles. The Bertz CT molecular complexity index is 557. The minimum atomic E-state index is -0.957. The van der Waals surface area contributed by atoms with Crippen LogP contribution < -0.4 is 0 Å². The topological polar surface area (TPSA) is 46.5 Å². The summed E-state index contributed by atoms with van der Waals surface area (Å²) in [5.41, 5.74) is 2.34. The van der Waals surface area contributed by atoms with Gasteiger partial charge in [-0.1, -0.05) is 38.0 Å². The van der Waals surface area contributed by atoms with Crippen molar-refractivity contribution in [1.82, 2.24) is 0 Å². The van der Waals surface area contributed by atoms with Crippen LogP contribution in [0.25, 0.3) is 0 Å². The maximum absolute atomic E-state index is 12.0. The van der Waals surface area contributed by atoms with Crippen molar-refractivity contribution in [1.29, 1.82) is 0 Å². The summed E-state index contributed by atoms with van der Waals surface area (Å²) < 4.78 is 5.14. The predicted octanol–water partition coefficient (Wildman–Crippen LogP) is 4.37. The van der Waals surface area contributed by atoms with Gasteiger partial charge in [-0.25, -0.2) is 4.79 Å². The zero-order valence-corrected chi connectivity index (χ0v) is 14.9. The quantitative estimate of drug-likeness (QED) is 0.621. The molecule has 0 amide bonds. The minimum Gasteiger partial charge on any atom is -0.432 e. The van der Waals surface area contributed by atoms with Gasteiger partial charge in [-0.05, 0) is 62.7 Å². The van der Waals surface area contributed by atoms with Crippen LogP contribution in [0.3, 0.4) is 0 Å². The van der Waals surface area contributed by atoms with Crippen LogP contribution in [-0.4, -0.2) is 17.4 Å². The molecule has 2 aliphatic carbocycles. The number of cyclic esters (lactones) is 1. The van der Waals surface area contributed by atoms with Gasteiger partial charge in [0.05, 0.1) is 5.92 Å². The van der Waals surface area contributed by atoms with Crippen LogP contribution >= 0.6 is 0 Å². The molecule has 3 nitrogen and oxygen atoms in total. The number of fused-ring (bicyclic) bond motifs is 3. The standard InChI is InChI=1S/C20H30O3/c1-13(2)7-5-10-19(3)11-6-12-20(4)15(19)9-8-14-16(20)18(22)23-17(14)21/h7-8,15-16,18,22H,5-6,9-12H2,1-4H3/t15-,16+,18+,19+,20-/m0/s1. The Kier molecular flexibility index (Phi) is 4.20. The fourth-order valence-electron chi connectivity index (χ4n) is 5.60. The highest BCUT2D eigenvalue weighted by molar-refractivity contribution is 5.91. The second kappa shape index (κ2) is 5.77. The third kappa shape index (κ3) is 2.67. The first-order valence-electron chi connectivity index (χ1n) is 9.00. The average molecular weight is 318 g/mol. The number of rotatable bonds is 3. The van der Waals surface area contributed by atoms with E-state index in [4.69, 9.17) is 4.74 Å². The lowest BCUT2D eigenvalue weighted by Gasteiger charge is -2.56. The van der Waals surface area contributed by atoms with E-state index in [1.165, 1.54) is 24.8 Å². The number of aliphatic hydroxyl groups is 1. The molecule has 5 atom stereocenters. The van der Waals surface area contributed by atoms with E-state index in [0.29, 0.717) is 5.92 Å². The van der Waals surface area contributed by atoms with Crippen molar-refractivity contribution in [2.45, 2.75) is 72.5 Å². The smallest absolute Gasteiger partial charge is 0.336 e. The maximum Gasteiger partial charge on any atom is 0.336 e. The Labute approximate surface area is 139 Å².